The summed E-state index contributed by atoms with van der Waals surface area (Å²) < 4.78 is 71.5. The van der Waals surface area contributed by atoms with Crippen molar-refractivity contribution in [3.8, 4) is 5.75 Å². The number of sulfonamides is 2. The van der Waals surface area contributed by atoms with Gasteiger partial charge < -0.3 is 10.1 Å². The van der Waals surface area contributed by atoms with Gasteiger partial charge in [-0.3, -0.25) is 9.10 Å². The van der Waals surface area contributed by atoms with E-state index in [1.54, 1.807) is 0 Å². The molecule has 0 bridgehead atoms. The second kappa shape index (κ2) is 9.43. The van der Waals surface area contributed by atoms with Gasteiger partial charge in [-0.15, -0.1) is 0 Å². The zero-order chi connectivity index (χ0) is 23.5. The highest BCUT2D eigenvalue weighted by Gasteiger charge is 2.29. The van der Waals surface area contributed by atoms with Crippen molar-refractivity contribution in [3.63, 3.8) is 0 Å². The molecule has 32 heavy (non-hydrogen) atoms. The number of ether oxygens (including phenoxy) is 1. The minimum absolute atomic E-state index is 0.0235. The molecule has 1 saturated heterocycles. The number of methoxy groups -OCH3 is 1. The Morgan fingerprint density at radius 1 is 1.12 bits per heavy atom. The third kappa shape index (κ3) is 5.19. The van der Waals surface area contributed by atoms with Crippen molar-refractivity contribution in [3.05, 3.63) is 48.3 Å². The van der Waals surface area contributed by atoms with Crippen molar-refractivity contribution < 1.29 is 30.8 Å². The monoisotopic (exact) mass is 485 g/mol. The summed E-state index contributed by atoms with van der Waals surface area (Å²) in [5, 5.41) is 2.48. The lowest BCUT2D eigenvalue weighted by molar-refractivity contribution is -0.114. The van der Waals surface area contributed by atoms with Gasteiger partial charge >= 0.3 is 0 Å². The van der Waals surface area contributed by atoms with Gasteiger partial charge in [-0.2, -0.15) is 4.31 Å². The van der Waals surface area contributed by atoms with E-state index in [1.165, 1.54) is 47.8 Å². The lowest BCUT2D eigenvalue weighted by atomic mass is 10.3. The predicted octanol–water partition coefficient (Wildman–Crippen LogP) is 2.02. The molecule has 12 heteroatoms. The predicted molar refractivity (Wildman–Crippen MR) is 118 cm³/mol. The molecular weight excluding hydrogens is 461 g/mol. The van der Waals surface area contributed by atoms with Crippen LogP contribution in [0.2, 0.25) is 0 Å². The quantitative estimate of drug-likeness (QED) is 0.612. The third-order valence-corrected chi connectivity index (χ3v) is 7.98. The lowest BCUT2D eigenvalue weighted by Gasteiger charge is -2.23. The maximum Gasteiger partial charge on any atom is 0.245 e. The van der Waals surface area contributed by atoms with Gasteiger partial charge in [0.25, 0.3) is 0 Å². The molecular formula is C20H24FN3O6S2. The molecule has 2 aromatic carbocycles. The van der Waals surface area contributed by atoms with Crippen LogP contribution in [0.1, 0.15) is 12.8 Å². The first kappa shape index (κ1) is 24.0. The highest BCUT2D eigenvalue weighted by atomic mass is 32.2. The van der Waals surface area contributed by atoms with Crippen LogP contribution in [0.25, 0.3) is 0 Å². The number of amides is 1. The molecule has 1 aliphatic rings. The van der Waals surface area contributed by atoms with E-state index in [0.717, 1.165) is 25.2 Å². The number of halogens is 1. The number of nitrogens with one attached hydrogen (secondary N) is 1. The summed E-state index contributed by atoms with van der Waals surface area (Å²) in [6, 6.07) is 9.22. The summed E-state index contributed by atoms with van der Waals surface area (Å²) in [5.41, 5.74) is -0.220. The fraction of sp³-hybridized carbons (Fsp3) is 0.350. The molecule has 0 unspecified atom stereocenters. The van der Waals surface area contributed by atoms with Crippen molar-refractivity contribution in [2.75, 3.05) is 42.6 Å². The number of nitrogens with zero attached hydrogens (tertiary/aromatic N) is 2. The highest BCUT2D eigenvalue weighted by Crippen LogP contribution is 2.30. The number of para-hydroxylation sites is 1. The largest absolute Gasteiger partial charge is 0.495 e. The molecule has 0 saturated carbocycles. The number of hydrogen-bond donors (Lipinski definition) is 1. The van der Waals surface area contributed by atoms with E-state index < -0.39 is 38.3 Å². The first-order valence-corrected chi connectivity index (χ1v) is 13.0. The smallest absolute Gasteiger partial charge is 0.245 e. The minimum Gasteiger partial charge on any atom is -0.495 e. The van der Waals surface area contributed by atoms with Gasteiger partial charge in [-0.25, -0.2) is 21.2 Å². The summed E-state index contributed by atoms with van der Waals surface area (Å²) in [5.74, 6) is -1.41. The molecule has 0 aromatic heterocycles. The van der Waals surface area contributed by atoms with E-state index in [0.29, 0.717) is 17.4 Å². The van der Waals surface area contributed by atoms with Gasteiger partial charge in [0.2, 0.25) is 26.0 Å². The van der Waals surface area contributed by atoms with Crippen LogP contribution in [-0.4, -0.2) is 60.0 Å². The molecule has 0 aliphatic carbocycles. The minimum atomic E-state index is -3.99. The third-order valence-electron chi connectivity index (χ3n) is 4.96. The van der Waals surface area contributed by atoms with Gasteiger partial charge in [0.15, 0.2) is 0 Å². The average molecular weight is 486 g/mol. The number of rotatable bonds is 8. The summed E-state index contributed by atoms with van der Waals surface area (Å²) in [4.78, 5) is 12.7. The van der Waals surface area contributed by atoms with Crippen molar-refractivity contribution in [2.24, 2.45) is 0 Å². The standard InChI is InChI=1S/C20H24FN3O6S2/c1-30-19-10-9-15(32(28,29)23-11-5-6-12-23)13-17(19)22-20(25)14-24(31(2,26)27)18-8-4-3-7-16(18)21/h3-4,7-10,13H,5-6,11-12,14H2,1-2H3,(H,22,25). The van der Waals surface area contributed by atoms with Crippen molar-refractivity contribution in [1.82, 2.24) is 4.31 Å². The zero-order valence-electron chi connectivity index (χ0n) is 17.6. The maximum atomic E-state index is 14.2. The van der Waals surface area contributed by atoms with Crippen LogP contribution in [-0.2, 0) is 24.8 Å². The second-order valence-corrected chi connectivity index (χ2v) is 11.1. The van der Waals surface area contributed by atoms with E-state index >= 15 is 0 Å². The topological polar surface area (TPSA) is 113 Å². The molecule has 0 spiro atoms. The molecule has 1 amide bonds. The molecule has 1 fully saturated rings. The molecule has 0 radical (unpaired) electrons. The fourth-order valence-corrected chi connectivity index (χ4v) is 5.78. The number of hydrogen-bond acceptors (Lipinski definition) is 6. The zero-order valence-corrected chi connectivity index (χ0v) is 19.2. The van der Waals surface area contributed by atoms with Crippen molar-refractivity contribution in [2.45, 2.75) is 17.7 Å². The van der Waals surface area contributed by atoms with Crippen LogP contribution in [0.5, 0.6) is 5.75 Å². The van der Waals surface area contributed by atoms with Crippen LogP contribution < -0.4 is 14.4 Å². The fourth-order valence-electron chi connectivity index (χ4n) is 3.38. The highest BCUT2D eigenvalue weighted by molar-refractivity contribution is 7.92. The summed E-state index contributed by atoms with van der Waals surface area (Å²) in [6.45, 7) is 0.121. The second-order valence-electron chi connectivity index (χ2n) is 7.24. The van der Waals surface area contributed by atoms with E-state index in [1.807, 2.05) is 0 Å². The Balaban J connectivity index is 1.88. The number of carbonyl (C=O) groups is 1. The first-order chi connectivity index (χ1) is 15.0. The van der Waals surface area contributed by atoms with Crippen LogP contribution >= 0.6 is 0 Å². The van der Waals surface area contributed by atoms with E-state index in [4.69, 9.17) is 4.74 Å². The van der Waals surface area contributed by atoms with Crippen LogP contribution in [0.4, 0.5) is 15.8 Å². The Bertz CT molecular complexity index is 1210. The Hall–Kier alpha value is -2.70. The van der Waals surface area contributed by atoms with Crippen LogP contribution in [0, 0.1) is 5.82 Å². The SMILES string of the molecule is COc1ccc(S(=O)(=O)N2CCCC2)cc1NC(=O)CN(c1ccccc1F)S(C)(=O)=O. The molecule has 2 aromatic rings. The van der Waals surface area contributed by atoms with Crippen LogP contribution in [0.3, 0.4) is 0 Å². The first-order valence-electron chi connectivity index (χ1n) is 9.74. The molecule has 0 atom stereocenters. The summed E-state index contributed by atoms with van der Waals surface area (Å²) >= 11 is 0. The Kier molecular flexibility index (Phi) is 7.06. The molecule has 1 aliphatic heterocycles. The number of benzene rings is 2. The van der Waals surface area contributed by atoms with Crippen LogP contribution in [0.15, 0.2) is 47.4 Å². The van der Waals surface area contributed by atoms with E-state index in [-0.39, 0.29) is 22.0 Å². The maximum absolute atomic E-state index is 14.2. The lowest BCUT2D eigenvalue weighted by Crippen LogP contribution is -2.38. The van der Waals surface area contributed by atoms with Gasteiger partial charge in [-0.05, 0) is 43.2 Å². The van der Waals surface area contributed by atoms with Gasteiger partial charge in [-0.1, -0.05) is 12.1 Å². The van der Waals surface area contributed by atoms with E-state index in [9.17, 15) is 26.0 Å². The average Bonchev–Trinajstić information content (AvgIpc) is 3.28. The summed E-state index contributed by atoms with van der Waals surface area (Å²) in [6.07, 6.45) is 2.41. The van der Waals surface area contributed by atoms with Gasteiger partial charge in [0, 0.05) is 13.1 Å². The molecule has 3 rings (SSSR count). The summed E-state index contributed by atoms with van der Waals surface area (Å²) in [7, 11) is -6.38. The van der Waals surface area contributed by atoms with Gasteiger partial charge in [0.1, 0.15) is 18.1 Å². The number of carbonyl (C=O) groups excluding carboxylic acids is 1. The van der Waals surface area contributed by atoms with Crippen molar-refractivity contribution >= 4 is 37.3 Å². The molecule has 1 heterocycles. The van der Waals surface area contributed by atoms with E-state index in [2.05, 4.69) is 5.32 Å². The number of anilines is 2. The Morgan fingerprint density at radius 3 is 2.38 bits per heavy atom. The normalized spacial score (nSPS) is 14.8. The molecule has 1 N–H and O–H groups in total. The Morgan fingerprint density at radius 2 is 1.78 bits per heavy atom. The molecule has 174 valence electrons. The Labute approximate surface area is 186 Å². The van der Waals surface area contributed by atoms with Gasteiger partial charge in [0.05, 0.1) is 29.6 Å². The van der Waals surface area contributed by atoms with Crippen molar-refractivity contribution in [1.29, 1.82) is 0 Å². The molecule has 9 nitrogen and oxygen atoms in total.